The van der Waals surface area contributed by atoms with Gasteiger partial charge in [0.2, 0.25) is 10.0 Å². The van der Waals surface area contributed by atoms with Crippen molar-refractivity contribution in [2.75, 3.05) is 7.05 Å². The standard InChI is InChI=1S/C17H16FNO3S/c1-12(17-10-13-6-3-4-9-16(13)22-17)19(2)23(20,21)15-8-5-7-14(18)11-15/h3-12H,1-2H3/t12-/m1/s1. The molecule has 6 heteroatoms. The van der Waals surface area contributed by atoms with Crippen LogP contribution in [0.2, 0.25) is 0 Å². The quantitative estimate of drug-likeness (QED) is 0.726. The van der Waals surface area contributed by atoms with Gasteiger partial charge in [-0.3, -0.25) is 0 Å². The fourth-order valence-corrected chi connectivity index (χ4v) is 3.75. The molecule has 0 aliphatic carbocycles. The Bertz CT molecular complexity index is 916. The molecule has 2 aromatic carbocycles. The highest BCUT2D eigenvalue weighted by molar-refractivity contribution is 7.89. The number of furan rings is 1. The molecule has 1 heterocycles. The Balaban J connectivity index is 1.96. The molecule has 0 aliphatic heterocycles. The predicted octanol–water partition coefficient (Wildman–Crippen LogP) is 3.95. The van der Waals surface area contributed by atoms with Gasteiger partial charge in [0.1, 0.15) is 17.2 Å². The SMILES string of the molecule is C[C@H](c1cc2ccccc2o1)N(C)S(=O)(=O)c1cccc(F)c1. The molecule has 3 rings (SSSR count). The molecule has 23 heavy (non-hydrogen) atoms. The molecule has 0 saturated heterocycles. The van der Waals surface area contributed by atoms with Crippen LogP contribution in [-0.2, 0) is 10.0 Å². The van der Waals surface area contributed by atoms with E-state index >= 15 is 0 Å². The summed E-state index contributed by atoms with van der Waals surface area (Å²) in [6, 6.07) is 13.7. The van der Waals surface area contributed by atoms with Crippen molar-refractivity contribution in [1.82, 2.24) is 4.31 Å². The highest BCUT2D eigenvalue weighted by atomic mass is 32.2. The van der Waals surface area contributed by atoms with E-state index in [0.29, 0.717) is 11.3 Å². The number of hydrogen-bond acceptors (Lipinski definition) is 3. The van der Waals surface area contributed by atoms with Crippen LogP contribution in [0, 0.1) is 5.82 Å². The Morgan fingerprint density at radius 3 is 2.52 bits per heavy atom. The lowest BCUT2D eigenvalue weighted by Crippen LogP contribution is -2.29. The summed E-state index contributed by atoms with van der Waals surface area (Å²) in [6.07, 6.45) is 0. The van der Waals surface area contributed by atoms with E-state index in [4.69, 9.17) is 4.42 Å². The zero-order valence-electron chi connectivity index (χ0n) is 12.7. The average molecular weight is 333 g/mol. The second-order valence-electron chi connectivity index (χ2n) is 5.34. The van der Waals surface area contributed by atoms with Crippen LogP contribution < -0.4 is 0 Å². The third-order valence-electron chi connectivity index (χ3n) is 3.87. The zero-order chi connectivity index (χ0) is 16.6. The first-order valence-electron chi connectivity index (χ1n) is 7.11. The molecule has 0 aliphatic rings. The molecule has 120 valence electrons. The van der Waals surface area contributed by atoms with Gasteiger partial charge in [0.05, 0.1) is 10.9 Å². The summed E-state index contributed by atoms with van der Waals surface area (Å²) in [6.45, 7) is 1.73. The van der Waals surface area contributed by atoms with Crippen molar-refractivity contribution >= 4 is 21.0 Å². The van der Waals surface area contributed by atoms with Crippen LogP contribution >= 0.6 is 0 Å². The highest BCUT2D eigenvalue weighted by Gasteiger charge is 2.28. The van der Waals surface area contributed by atoms with Crippen LogP contribution in [0.25, 0.3) is 11.0 Å². The van der Waals surface area contributed by atoms with Gasteiger partial charge < -0.3 is 4.42 Å². The largest absolute Gasteiger partial charge is 0.459 e. The van der Waals surface area contributed by atoms with Gasteiger partial charge in [-0.1, -0.05) is 24.3 Å². The molecule has 4 nitrogen and oxygen atoms in total. The second-order valence-corrected chi connectivity index (χ2v) is 7.34. The van der Waals surface area contributed by atoms with Gasteiger partial charge in [0.15, 0.2) is 0 Å². The van der Waals surface area contributed by atoms with Crippen LogP contribution in [0.3, 0.4) is 0 Å². The molecule has 1 aromatic heterocycles. The molecule has 0 saturated carbocycles. The van der Waals surface area contributed by atoms with Crippen LogP contribution in [0.1, 0.15) is 18.7 Å². The van der Waals surface area contributed by atoms with E-state index in [1.165, 1.54) is 29.6 Å². The minimum absolute atomic E-state index is 0.0806. The van der Waals surface area contributed by atoms with Crippen molar-refractivity contribution < 1.29 is 17.2 Å². The number of para-hydroxylation sites is 1. The molecule has 3 aromatic rings. The number of hydrogen-bond donors (Lipinski definition) is 0. The van der Waals surface area contributed by atoms with Crippen molar-refractivity contribution in [3.8, 4) is 0 Å². The molecule has 0 bridgehead atoms. The first-order chi connectivity index (χ1) is 10.9. The number of rotatable bonds is 4. The van der Waals surface area contributed by atoms with Crippen molar-refractivity contribution in [3.05, 3.63) is 66.2 Å². The summed E-state index contributed by atoms with van der Waals surface area (Å²) < 4.78 is 45.5. The van der Waals surface area contributed by atoms with Gasteiger partial charge in [0.25, 0.3) is 0 Å². The maximum absolute atomic E-state index is 13.3. The van der Waals surface area contributed by atoms with Crippen LogP contribution in [0.5, 0.6) is 0 Å². The summed E-state index contributed by atoms with van der Waals surface area (Å²) in [4.78, 5) is -0.0806. The lowest BCUT2D eigenvalue weighted by atomic mass is 10.2. The maximum Gasteiger partial charge on any atom is 0.243 e. The number of sulfonamides is 1. The van der Waals surface area contributed by atoms with E-state index in [9.17, 15) is 12.8 Å². The molecule has 0 spiro atoms. The molecule has 0 fully saturated rings. The fraction of sp³-hybridized carbons (Fsp3) is 0.176. The van der Waals surface area contributed by atoms with E-state index in [1.807, 2.05) is 30.3 Å². The molecule has 0 unspecified atom stereocenters. The zero-order valence-corrected chi connectivity index (χ0v) is 13.5. The van der Waals surface area contributed by atoms with Gasteiger partial charge in [-0.2, -0.15) is 4.31 Å². The van der Waals surface area contributed by atoms with E-state index in [0.717, 1.165) is 11.5 Å². The number of halogens is 1. The minimum Gasteiger partial charge on any atom is -0.459 e. The summed E-state index contributed by atoms with van der Waals surface area (Å²) in [5.41, 5.74) is 0.700. The Morgan fingerprint density at radius 2 is 1.83 bits per heavy atom. The number of benzene rings is 2. The molecule has 0 N–H and O–H groups in total. The Morgan fingerprint density at radius 1 is 1.09 bits per heavy atom. The third-order valence-corrected chi connectivity index (χ3v) is 5.80. The summed E-state index contributed by atoms with van der Waals surface area (Å²) in [7, 11) is -2.36. The molecule has 1 atom stereocenters. The van der Waals surface area contributed by atoms with Gasteiger partial charge in [-0.25, -0.2) is 12.8 Å². The highest BCUT2D eigenvalue weighted by Crippen LogP contribution is 2.30. The van der Waals surface area contributed by atoms with Crippen molar-refractivity contribution in [3.63, 3.8) is 0 Å². The Hall–Kier alpha value is -2.18. The van der Waals surface area contributed by atoms with Gasteiger partial charge in [-0.15, -0.1) is 0 Å². The average Bonchev–Trinajstić information content (AvgIpc) is 2.97. The molecular weight excluding hydrogens is 317 g/mol. The topological polar surface area (TPSA) is 50.5 Å². The van der Waals surface area contributed by atoms with Crippen LogP contribution in [0.15, 0.2) is 63.9 Å². The van der Waals surface area contributed by atoms with Gasteiger partial charge in [-0.05, 0) is 37.3 Å². The van der Waals surface area contributed by atoms with E-state index in [-0.39, 0.29) is 4.90 Å². The predicted molar refractivity (Wildman–Crippen MR) is 86.0 cm³/mol. The lowest BCUT2D eigenvalue weighted by molar-refractivity contribution is 0.348. The summed E-state index contributed by atoms with van der Waals surface area (Å²) in [5, 5.41) is 0.908. The fourth-order valence-electron chi connectivity index (χ4n) is 2.39. The smallest absolute Gasteiger partial charge is 0.243 e. The molecule has 0 radical (unpaired) electrons. The monoisotopic (exact) mass is 333 g/mol. The first-order valence-corrected chi connectivity index (χ1v) is 8.55. The van der Waals surface area contributed by atoms with Crippen LogP contribution in [-0.4, -0.2) is 19.8 Å². The lowest BCUT2D eigenvalue weighted by Gasteiger charge is -2.22. The molecule has 0 amide bonds. The Labute approximate surface area is 134 Å². The minimum atomic E-state index is -3.81. The van der Waals surface area contributed by atoms with E-state index in [2.05, 4.69) is 0 Å². The Kier molecular flexibility index (Phi) is 3.95. The number of fused-ring (bicyclic) bond motifs is 1. The maximum atomic E-state index is 13.3. The summed E-state index contributed by atoms with van der Waals surface area (Å²) >= 11 is 0. The van der Waals surface area contributed by atoms with Gasteiger partial charge >= 0.3 is 0 Å². The number of nitrogens with zero attached hydrogens (tertiary/aromatic N) is 1. The molecular formula is C17H16FNO3S. The van der Waals surface area contributed by atoms with Crippen LogP contribution in [0.4, 0.5) is 4.39 Å². The van der Waals surface area contributed by atoms with E-state index < -0.39 is 21.9 Å². The first kappa shape index (κ1) is 15.7. The summed E-state index contributed by atoms with van der Waals surface area (Å²) in [5.74, 6) is -0.0513. The normalized spacial score (nSPS) is 13.6. The van der Waals surface area contributed by atoms with Gasteiger partial charge in [0, 0.05) is 12.4 Å². The second kappa shape index (κ2) is 5.79. The third kappa shape index (κ3) is 2.87. The van der Waals surface area contributed by atoms with Crippen molar-refractivity contribution in [1.29, 1.82) is 0 Å². The van der Waals surface area contributed by atoms with E-state index in [1.54, 1.807) is 6.92 Å². The van der Waals surface area contributed by atoms with Crippen molar-refractivity contribution in [2.45, 2.75) is 17.9 Å². The van der Waals surface area contributed by atoms with Crippen molar-refractivity contribution in [2.24, 2.45) is 0 Å².